The summed E-state index contributed by atoms with van der Waals surface area (Å²) in [6.07, 6.45) is 1.83. The maximum Gasteiger partial charge on any atom is 0.241 e. The zero-order valence-electron chi connectivity index (χ0n) is 11.6. The van der Waals surface area contributed by atoms with Crippen LogP contribution in [0.15, 0.2) is 29.2 Å². The van der Waals surface area contributed by atoms with Crippen LogP contribution in [0.4, 0.5) is 4.39 Å². The van der Waals surface area contributed by atoms with Crippen molar-refractivity contribution in [2.24, 2.45) is 0 Å². The molecule has 112 valence electrons. The minimum absolute atomic E-state index is 0.0667. The van der Waals surface area contributed by atoms with Crippen LogP contribution in [-0.4, -0.2) is 39.4 Å². The second kappa shape index (κ2) is 7.35. The van der Waals surface area contributed by atoms with Gasteiger partial charge in [-0.25, -0.2) is 17.5 Å². The van der Waals surface area contributed by atoms with Crippen LogP contribution in [-0.2, 0) is 14.8 Å². The standard InChI is InChI=1S/C13H19FN2O3S/c1-3-4-9-16(2)13(17)10-15-20(18,19)12-7-5-11(14)6-8-12/h5-8,15H,3-4,9-10H2,1-2H3. The summed E-state index contributed by atoms with van der Waals surface area (Å²) in [5.41, 5.74) is 0. The topological polar surface area (TPSA) is 66.5 Å². The van der Waals surface area contributed by atoms with Crippen molar-refractivity contribution in [2.45, 2.75) is 24.7 Å². The van der Waals surface area contributed by atoms with E-state index in [0.717, 1.165) is 37.1 Å². The predicted octanol–water partition coefficient (Wildman–Crippen LogP) is 1.36. The lowest BCUT2D eigenvalue weighted by Crippen LogP contribution is -2.38. The highest BCUT2D eigenvalue weighted by Crippen LogP contribution is 2.09. The molecule has 0 heterocycles. The Hall–Kier alpha value is -1.47. The first-order valence-corrected chi connectivity index (χ1v) is 7.84. The molecule has 5 nitrogen and oxygen atoms in total. The van der Waals surface area contributed by atoms with Gasteiger partial charge in [-0.15, -0.1) is 0 Å². The van der Waals surface area contributed by atoms with E-state index in [9.17, 15) is 17.6 Å². The molecule has 0 unspecified atom stereocenters. The zero-order chi connectivity index (χ0) is 15.2. The highest BCUT2D eigenvalue weighted by Gasteiger charge is 2.17. The molecule has 0 radical (unpaired) electrons. The molecule has 0 spiro atoms. The van der Waals surface area contributed by atoms with Gasteiger partial charge in [0.2, 0.25) is 15.9 Å². The van der Waals surface area contributed by atoms with E-state index >= 15 is 0 Å². The first kappa shape index (κ1) is 16.6. The van der Waals surface area contributed by atoms with E-state index < -0.39 is 15.8 Å². The summed E-state index contributed by atoms with van der Waals surface area (Å²) in [7, 11) is -2.16. The molecule has 1 aromatic carbocycles. The van der Waals surface area contributed by atoms with E-state index in [1.165, 1.54) is 4.90 Å². The number of nitrogens with one attached hydrogen (secondary N) is 1. The number of hydrogen-bond acceptors (Lipinski definition) is 3. The van der Waals surface area contributed by atoms with E-state index in [1.54, 1.807) is 7.05 Å². The lowest BCUT2D eigenvalue weighted by molar-refractivity contribution is -0.128. The molecule has 0 aliphatic carbocycles. The minimum atomic E-state index is -3.79. The number of unbranched alkanes of at least 4 members (excludes halogenated alkanes) is 1. The van der Waals surface area contributed by atoms with Crippen LogP contribution >= 0.6 is 0 Å². The number of amides is 1. The van der Waals surface area contributed by atoms with Crippen LogP contribution in [0.2, 0.25) is 0 Å². The van der Waals surface area contributed by atoms with Crippen LogP contribution in [0.3, 0.4) is 0 Å². The number of rotatable bonds is 7. The Labute approximate surface area is 118 Å². The van der Waals surface area contributed by atoms with Crippen molar-refractivity contribution >= 4 is 15.9 Å². The third kappa shape index (κ3) is 4.90. The lowest BCUT2D eigenvalue weighted by atomic mass is 10.3. The van der Waals surface area contributed by atoms with Gasteiger partial charge in [0.1, 0.15) is 5.82 Å². The van der Waals surface area contributed by atoms with Crippen molar-refractivity contribution in [1.29, 1.82) is 0 Å². The maximum atomic E-state index is 12.7. The summed E-state index contributed by atoms with van der Waals surface area (Å²) in [5, 5.41) is 0. The molecule has 1 amide bonds. The molecule has 1 rings (SSSR count). The van der Waals surface area contributed by atoms with Crippen molar-refractivity contribution in [1.82, 2.24) is 9.62 Å². The fourth-order valence-electron chi connectivity index (χ4n) is 1.51. The van der Waals surface area contributed by atoms with Crippen molar-refractivity contribution in [3.8, 4) is 0 Å². The van der Waals surface area contributed by atoms with E-state index in [4.69, 9.17) is 0 Å². The summed E-state index contributed by atoms with van der Waals surface area (Å²) < 4.78 is 38.7. The average Bonchev–Trinajstić information content (AvgIpc) is 2.42. The second-order valence-corrected chi connectivity index (χ2v) is 6.21. The highest BCUT2D eigenvalue weighted by atomic mass is 32.2. The number of hydrogen-bond donors (Lipinski definition) is 1. The molecular weight excluding hydrogens is 283 g/mol. The Balaban J connectivity index is 2.59. The van der Waals surface area contributed by atoms with Gasteiger partial charge in [-0.2, -0.15) is 0 Å². The molecule has 0 atom stereocenters. The van der Waals surface area contributed by atoms with Crippen LogP contribution in [0.5, 0.6) is 0 Å². The first-order chi connectivity index (χ1) is 9.36. The van der Waals surface area contributed by atoms with E-state index in [-0.39, 0.29) is 17.3 Å². The smallest absolute Gasteiger partial charge is 0.241 e. The van der Waals surface area contributed by atoms with Crippen molar-refractivity contribution in [2.75, 3.05) is 20.1 Å². The number of halogens is 1. The number of benzene rings is 1. The Morgan fingerprint density at radius 3 is 2.45 bits per heavy atom. The van der Waals surface area contributed by atoms with Gasteiger partial charge in [0, 0.05) is 13.6 Å². The maximum absolute atomic E-state index is 12.7. The van der Waals surface area contributed by atoms with Crippen LogP contribution in [0.25, 0.3) is 0 Å². The largest absolute Gasteiger partial charge is 0.345 e. The van der Waals surface area contributed by atoms with Crippen LogP contribution in [0, 0.1) is 5.82 Å². The molecule has 0 aliphatic heterocycles. The van der Waals surface area contributed by atoms with Crippen molar-refractivity contribution in [3.63, 3.8) is 0 Å². The average molecular weight is 302 g/mol. The SMILES string of the molecule is CCCCN(C)C(=O)CNS(=O)(=O)c1ccc(F)cc1. The van der Waals surface area contributed by atoms with Gasteiger partial charge in [0.05, 0.1) is 11.4 Å². The van der Waals surface area contributed by atoms with Gasteiger partial charge in [0.25, 0.3) is 0 Å². The quantitative estimate of drug-likeness (QED) is 0.827. The van der Waals surface area contributed by atoms with Gasteiger partial charge < -0.3 is 4.90 Å². The molecule has 0 bridgehead atoms. The Kier molecular flexibility index (Phi) is 6.09. The molecular formula is C13H19FN2O3S. The minimum Gasteiger partial charge on any atom is -0.345 e. The molecule has 1 aromatic rings. The van der Waals surface area contributed by atoms with Crippen molar-refractivity contribution in [3.05, 3.63) is 30.1 Å². The van der Waals surface area contributed by atoms with Gasteiger partial charge in [-0.1, -0.05) is 13.3 Å². The molecule has 0 saturated carbocycles. The first-order valence-electron chi connectivity index (χ1n) is 6.36. The summed E-state index contributed by atoms with van der Waals surface area (Å²) >= 11 is 0. The van der Waals surface area contributed by atoms with E-state index in [2.05, 4.69) is 4.72 Å². The fraction of sp³-hybridized carbons (Fsp3) is 0.462. The van der Waals surface area contributed by atoms with Crippen LogP contribution in [0.1, 0.15) is 19.8 Å². The van der Waals surface area contributed by atoms with Gasteiger partial charge in [-0.3, -0.25) is 4.79 Å². The summed E-state index contributed by atoms with van der Waals surface area (Å²) in [6, 6.07) is 4.43. The normalized spacial score (nSPS) is 11.3. The highest BCUT2D eigenvalue weighted by molar-refractivity contribution is 7.89. The summed E-state index contributed by atoms with van der Waals surface area (Å²) in [6.45, 7) is 2.29. The second-order valence-electron chi connectivity index (χ2n) is 4.45. The summed E-state index contributed by atoms with van der Waals surface area (Å²) in [4.78, 5) is 13.1. The number of carbonyl (C=O) groups is 1. The third-order valence-electron chi connectivity index (χ3n) is 2.81. The van der Waals surface area contributed by atoms with Crippen LogP contribution < -0.4 is 4.72 Å². The van der Waals surface area contributed by atoms with Crippen molar-refractivity contribution < 1.29 is 17.6 Å². The molecule has 7 heteroatoms. The Bertz CT molecular complexity index is 543. The van der Waals surface area contributed by atoms with E-state index in [1.807, 2.05) is 6.92 Å². The molecule has 0 aliphatic rings. The lowest BCUT2D eigenvalue weighted by Gasteiger charge is -2.17. The molecule has 20 heavy (non-hydrogen) atoms. The van der Waals surface area contributed by atoms with E-state index in [0.29, 0.717) is 6.54 Å². The third-order valence-corrected chi connectivity index (χ3v) is 4.23. The van der Waals surface area contributed by atoms with Gasteiger partial charge >= 0.3 is 0 Å². The summed E-state index contributed by atoms with van der Waals surface area (Å²) in [5.74, 6) is -0.816. The monoisotopic (exact) mass is 302 g/mol. The number of carbonyl (C=O) groups excluding carboxylic acids is 1. The number of nitrogens with zero attached hydrogens (tertiary/aromatic N) is 1. The molecule has 0 aromatic heterocycles. The van der Waals surface area contributed by atoms with Gasteiger partial charge in [0.15, 0.2) is 0 Å². The Morgan fingerprint density at radius 2 is 1.90 bits per heavy atom. The predicted molar refractivity (Wildman–Crippen MR) is 74.1 cm³/mol. The van der Waals surface area contributed by atoms with Gasteiger partial charge in [-0.05, 0) is 30.7 Å². The number of sulfonamides is 1. The molecule has 0 saturated heterocycles. The number of likely N-dealkylation sites (N-methyl/N-ethyl adjacent to an activating group) is 1. The zero-order valence-corrected chi connectivity index (χ0v) is 12.4. The molecule has 1 N–H and O–H groups in total. The molecule has 0 fully saturated rings. The fourth-order valence-corrected chi connectivity index (χ4v) is 2.48. The Morgan fingerprint density at radius 1 is 1.30 bits per heavy atom.